The van der Waals surface area contributed by atoms with Gasteiger partial charge < -0.3 is 19.7 Å². The first-order valence-electron chi connectivity index (χ1n) is 8.60. The monoisotopic (exact) mass is 346 g/mol. The Morgan fingerprint density at radius 1 is 1.28 bits per heavy atom. The number of carbonyl (C=O) groups excluding carboxylic acids is 1. The molecule has 0 unspecified atom stereocenters. The van der Waals surface area contributed by atoms with Gasteiger partial charge in [0.25, 0.3) is 0 Å². The van der Waals surface area contributed by atoms with E-state index in [1.165, 1.54) is 0 Å². The number of nitrogens with zero attached hydrogens (tertiary/aromatic N) is 1. The smallest absolute Gasteiger partial charge is 0.311 e. The van der Waals surface area contributed by atoms with Gasteiger partial charge in [-0.05, 0) is 51.4 Å². The zero-order chi connectivity index (χ0) is 18.4. The van der Waals surface area contributed by atoms with E-state index >= 15 is 0 Å². The first kappa shape index (κ1) is 19.0. The molecule has 2 aromatic rings. The average Bonchev–Trinajstić information content (AvgIpc) is 2.96. The molecule has 0 saturated heterocycles. The molecule has 1 heterocycles. The summed E-state index contributed by atoms with van der Waals surface area (Å²) in [5, 5.41) is 9.57. The molecule has 0 saturated carbocycles. The highest BCUT2D eigenvalue weighted by Gasteiger charge is 2.14. The van der Waals surface area contributed by atoms with Crippen LogP contribution in [0.15, 0.2) is 24.4 Å². The van der Waals surface area contributed by atoms with Gasteiger partial charge in [0.05, 0.1) is 0 Å². The Hall–Kier alpha value is -2.34. The van der Waals surface area contributed by atoms with Crippen LogP contribution in [0.3, 0.4) is 0 Å². The standard InChI is InChI=1S/C19H26N2O4/c1-13(2)21(3)11-10-14-12-20-15-6-4-7-16(19(14)15)25-18(24)9-5-8-17(22)23/h4,6-7,12-13,20H,5,8-11H2,1-3H3,(H,22,23). The number of rotatable bonds is 9. The van der Waals surface area contributed by atoms with Gasteiger partial charge in [-0.15, -0.1) is 0 Å². The van der Waals surface area contributed by atoms with E-state index in [0.717, 1.165) is 29.4 Å². The summed E-state index contributed by atoms with van der Waals surface area (Å²) < 4.78 is 5.50. The second-order valence-corrected chi connectivity index (χ2v) is 6.54. The number of carboxylic acid groups (broad SMARTS) is 1. The average molecular weight is 346 g/mol. The lowest BCUT2D eigenvalue weighted by Crippen LogP contribution is -2.28. The second kappa shape index (κ2) is 8.67. The van der Waals surface area contributed by atoms with Crippen LogP contribution >= 0.6 is 0 Å². The summed E-state index contributed by atoms with van der Waals surface area (Å²) >= 11 is 0. The number of nitrogens with one attached hydrogen (secondary N) is 1. The minimum absolute atomic E-state index is 0.0315. The minimum Gasteiger partial charge on any atom is -0.481 e. The largest absolute Gasteiger partial charge is 0.481 e. The number of hydrogen-bond donors (Lipinski definition) is 2. The second-order valence-electron chi connectivity index (χ2n) is 6.54. The van der Waals surface area contributed by atoms with Crippen LogP contribution in [0, 0.1) is 0 Å². The summed E-state index contributed by atoms with van der Waals surface area (Å²) in [6, 6.07) is 6.04. The number of ether oxygens (including phenoxy) is 1. The number of esters is 1. The van der Waals surface area contributed by atoms with Gasteiger partial charge in [-0.3, -0.25) is 9.59 Å². The van der Waals surface area contributed by atoms with Crippen LogP contribution in [0.5, 0.6) is 5.75 Å². The van der Waals surface area contributed by atoms with Gasteiger partial charge in [0.15, 0.2) is 0 Å². The van der Waals surface area contributed by atoms with Gasteiger partial charge in [0.1, 0.15) is 5.75 Å². The fourth-order valence-electron chi connectivity index (χ4n) is 2.61. The van der Waals surface area contributed by atoms with Crippen molar-refractivity contribution in [2.75, 3.05) is 13.6 Å². The third kappa shape index (κ3) is 5.32. The molecule has 0 atom stereocenters. The van der Waals surface area contributed by atoms with Crippen molar-refractivity contribution in [2.24, 2.45) is 0 Å². The van der Waals surface area contributed by atoms with Gasteiger partial charge in [0, 0.05) is 42.5 Å². The molecule has 1 aromatic carbocycles. The maximum atomic E-state index is 12.0. The molecular weight excluding hydrogens is 320 g/mol. The molecule has 0 aliphatic rings. The molecule has 0 bridgehead atoms. The number of H-pyrrole nitrogens is 1. The summed E-state index contributed by atoms with van der Waals surface area (Å²) in [6.45, 7) is 5.21. The quantitative estimate of drug-likeness (QED) is 0.538. The maximum Gasteiger partial charge on any atom is 0.311 e. The van der Waals surface area contributed by atoms with E-state index in [1.807, 2.05) is 18.3 Å². The maximum absolute atomic E-state index is 12.0. The van der Waals surface area contributed by atoms with E-state index in [9.17, 15) is 9.59 Å². The third-order valence-corrected chi connectivity index (χ3v) is 4.36. The van der Waals surface area contributed by atoms with Crippen molar-refractivity contribution in [2.45, 2.75) is 45.6 Å². The minimum atomic E-state index is -0.905. The van der Waals surface area contributed by atoms with E-state index < -0.39 is 11.9 Å². The van der Waals surface area contributed by atoms with Gasteiger partial charge in [-0.25, -0.2) is 0 Å². The van der Waals surface area contributed by atoms with Gasteiger partial charge in [0.2, 0.25) is 0 Å². The van der Waals surface area contributed by atoms with Gasteiger partial charge in [-0.2, -0.15) is 0 Å². The molecule has 2 N–H and O–H groups in total. The van der Waals surface area contributed by atoms with Crippen LogP contribution in [0.25, 0.3) is 10.9 Å². The third-order valence-electron chi connectivity index (χ3n) is 4.36. The van der Waals surface area contributed by atoms with Gasteiger partial charge in [-0.1, -0.05) is 6.07 Å². The van der Waals surface area contributed by atoms with Crippen LogP contribution in [-0.4, -0.2) is 46.6 Å². The molecule has 6 nitrogen and oxygen atoms in total. The molecule has 136 valence electrons. The fraction of sp³-hybridized carbons (Fsp3) is 0.474. The SMILES string of the molecule is CC(C)N(C)CCc1c[nH]c2cccc(OC(=O)CCCC(=O)O)c12. The molecule has 0 spiro atoms. The van der Waals surface area contributed by atoms with Crippen molar-refractivity contribution in [3.05, 3.63) is 30.0 Å². The lowest BCUT2D eigenvalue weighted by Gasteiger charge is -2.20. The van der Waals surface area contributed by atoms with Crippen molar-refractivity contribution in [1.82, 2.24) is 9.88 Å². The Bertz CT molecular complexity index is 736. The number of aliphatic carboxylic acids is 1. The molecule has 1 aromatic heterocycles. The number of benzene rings is 1. The Labute approximate surface area is 147 Å². The highest BCUT2D eigenvalue weighted by molar-refractivity contribution is 5.91. The lowest BCUT2D eigenvalue weighted by atomic mass is 10.1. The highest BCUT2D eigenvalue weighted by atomic mass is 16.5. The first-order valence-corrected chi connectivity index (χ1v) is 8.60. The van der Waals surface area contributed by atoms with Gasteiger partial charge >= 0.3 is 11.9 Å². The Kier molecular flexibility index (Phi) is 6.58. The highest BCUT2D eigenvalue weighted by Crippen LogP contribution is 2.29. The van der Waals surface area contributed by atoms with E-state index in [-0.39, 0.29) is 19.3 Å². The Morgan fingerprint density at radius 3 is 2.72 bits per heavy atom. The van der Waals surface area contributed by atoms with Crippen molar-refractivity contribution in [3.8, 4) is 5.75 Å². The lowest BCUT2D eigenvalue weighted by molar-refractivity contribution is -0.137. The fourth-order valence-corrected chi connectivity index (χ4v) is 2.61. The first-order chi connectivity index (χ1) is 11.9. The number of fused-ring (bicyclic) bond motifs is 1. The molecule has 0 fully saturated rings. The Morgan fingerprint density at radius 2 is 2.04 bits per heavy atom. The van der Waals surface area contributed by atoms with Crippen LogP contribution in [0.1, 0.15) is 38.7 Å². The normalized spacial score (nSPS) is 11.4. The van der Waals surface area contributed by atoms with E-state index in [2.05, 4.69) is 30.8 Å². The predicted molar refractivity (Wildman–Crippen MR) is 96.9 cm³/mol. The van der Waals surface area contributed by atoms with E-state index in [0.29, 0.717) is 11.8 Å². The topological polar surface area (TPSA) is 82.6 Å². The van der Waals surface area contributed by atoms with Crippen LogP contribution in [0.4, 0.5) is 0 Å². The summed E-state index contributed by atoms with van der Waals surface area (Å²) in [5.74, 6) is -0.779. The van der Waals surface area contributed by atoms with Crippen molar-refractivity contribution >= 4 is 22.8 Å². The molecular formula is C19H26N2O4. The molecule has 25 heavy (non-hydrogen) atoms. The number of carbonyl (C=O) groups is 2. The molecule has 0 aliphatic heterocycles. The van der Waals surface area contributed by atoms with E-state index in [4.69, 9.17) is 9.84 Å². The predicted octanol–water partition coefficient (Wildman–Crippen LogP) is 3.21. The number of aromatic nitrogens is 1. The Balaban J connectivity index is 2.10. The van der Waals surface area contributed by atoms with Crippen LogP contribution < -0.4 is 4.74 Å². The number of aromatic amines is 1. The molecule has 6 heteroatoms. The number of hydrogen-bond acceptors (Lipinski definition) is 4. The van der Waals surface area contributed by atoms with Crippen molar-refractivity contribution < 1.29 is 19.4 Å². The molecule has 0 radical (unpaired) electrons. The molecule has 2 rings (SSSR count). The summed E-state index contributed by atoms with van der Waals surface area (Å²) in [6.07, 6.45) is 3.15. The molecule has 0 amide bonds. The summed E-state index contributed by atoms with van der Waals surface area (Å²) in [5.41, 5.74) is 2.04. The zero-order valence-corrected chi connectivity index (χ0v) is 15.0. The number of carboxylic acids is 1. The zero-order valence-electron chi connectivity index (χ0n) is 15.0. The summed E-state index contributed by atoms with van der Waals surface area (Å²) in [4.78, 5) is 28.0. The molecule has 0 aliphatic carbocycles. The van der Waals surface area contributed by atoms with Crippen LogP contribution in [0.2, 0.25) is 0 Å². The van der Waals surface area contributed by atoms with Crippen molar-refractivity contribution in [1.29, 1.82) is 0 Å². The van der Waals surface area contributed by atoms with Crippen LogP contribution in [-0.2, 0) is 16.0 Å². The number of likely N-dealkylation sites (N-methyl/N-ethyl adjacent to an activating group) is 1. The van der Waals surface area contributed by atoms with E-state index in [1.54, 1.807) is 6.07 Å². The summed E-state index contributed by atoms with van der Waals surface area (Å²) in [7, 11) is 2.09. The van der Waals surface area contributed by atoms with Crippen molar-refractivity contribution in [3.63, 3.8) is 0 Å².